The van der Waals surface area contributed by atoms with Crippen molar-refractivity contribution in [1.82, 2.24) is 9.47 Å². The van der Waals surface area contributed by atoms with Crippen molar-refractivity contribution in [3.63, 3.8) is 0 Å². The number of hydrogen-bond acceptors (Lipinski definition) is 4. The number of aromatic carboxylic acids is 1. The number of nitrogens with zero attached hydrogens (tertiary/aromatic N) is 2. The van der Waals surface area contributed by atoms with Gasteiger partial charge in [0.15, 0.2) is 5.56 Å². The van der Waals surface area contributed by atoms with Gasteiger partial charge in [0, 0.05) is 30.7 Å². The van der Waals surface area contributed by atoms with Crippen LogP contribution in [0.3, 0.4) is 0 Å². The number of β-amino-alcohol motifs (C(OH)–C–C–N with tert-alkyl or cyclic N) is 1. The Bertz CT molecular complexity index is 1110. The molecule has 0 unspecified atom stereocenters. The van der Waals surface area contributed by atoms with Crippen LogP contribution in [-0.2, 0) is 6.54 Å². The number of likely N-dealkylation sites (tertiary alicyclic amines) is 1. The van der Waals surface area contributed by atoms with Gasteiger partial charge in [-0.15, -0.1) is 0 Å². The summed E-state index contributed by atoms with van der Waals surface area (Å²) in [4.78, 5) is 26.0. The molecule has 4 rings (SSSR count). The Morgan fingerprint density at radius 1 is 1.14 bits per heavy atom. The fraction of sp³-hybridized carbons (Fsp3) is 0.238. The van der Waals surface area contributed by atoms with Crippen LogP contribution >= 0.6 is 0 Å². The van der Waals surface area contributed by atoms with Crippen molar-refractivity contribution in [1.29, 1.82) is 0 Å². The summed E-state index contributed by atoms with van der Waals surface area (Å²) in [7, 11) is 0. The number of halogens is 1. The first-order chi connectivity index (χ1) is 13.5. The normalized spacial score (nSPS) is 17.3. The average molecular weight is 382 g/mol. The lowest BCUT2D eigenvalue weighted by atomic mass is 10.1. The van der Waals surface area contributed by atoms with Gasteiger partial charge in [0.05, 0.1) is 11.6 Å². The third kappa shape index (κ3) is 3.19. The third-order valence-corrected chi connectivity index (χ3v) is 5.08. The summed E-state index contributed by atoms with van der Waals surface area (Å²) in [6.07, 6.45) is 0.459. The van der Waals surface area contributed by atoms with Crippen molar-refractivity contribution in [3.8, 4) is 5.69 Å². The summed E-state index contributed by atoms with van der Waals surface area (Å²) >= 11 is 0. The Morgan fingerprint density at radius 2 is 1.86 bits per heavy atom. The number of pyridine rings is 1. The number of fused-ring (bicyclic) bond motifs is 1. The van der Waals surface area contributed by atoms with Gasteiger partial charge >= 0.3 is 5.97 Å². The number of benzene rings is 2. The molecule has 0 amide bonds. The van der Waals surface area contributed by atoms with E-state index < -0.39 is 22.9 Å². The predicted molar refractivity (Wildman–Crippen MR) is 102 cm³/mol. The van der Waals surface area contributed by atoms with Gasteiger partial charge in [-0.1, -0.05) is 24.3 Å². The van der Waals surface area contributed by atoms with Crippen molar-refractivity contribution < 1.29 is 19.4 Å². The van der Waals surface area contributed by atoms with E-state index in [0.29, 0.717) is 24.3 Å². The molecular formula is C21H19FN2O4. The summed E-state index contributed by atoms with van der Waals surface area (Å²) in [6.45, 7) is 2.12. The van der Waals surface area contributed by atoms with Crippen LogP contribution in [0.15, 0.2) is 53.3 Å². The van der Waals surface area contributed by atoms with Crippen molar-refractivity contribution >= 4 is 16.9 Å². The fourth-order valence-electron chi connectivity index (χ4n) is 3.71. The number of aromatic nitrogens is 1. The minimum absolute atomic E-state index is 0.149. The maximum atomic E-state index is 15.0. The van der Waals surface area contributed by atoms with Crippen LogP contribution in [0.4, 0.5) is 4.39 Å². The van der Waals surface area contributed by atoms with Crippen LogP contribution in [0.25, 0.3) is 16.6 Å². The fourth-order valence-corrected chi connectivity index (χ4v) is 3.71. The van der Waals surface area contributed by atoms with Gasteiger partial charge in [0.25, 0.3) is 0 Å². The van der Waals surface area contributed by atoms with Crippen LogP contribution in [0.1, 0.15) is 22.3 Å². The van der Waals surface area contributed by atoms with E-state index in [1.165, 1.54) is 6.07 Å². The van der Waals surface area contributed by atoms with E-state index in [1.807, 2.05) is 12.1 Å². The van der Waals surface area contributed by atoms with Crippen LogP contribution in [0.5, 0.6) is 0 Å². The summed E-state index contributed by atoms with van der Waals surface area (Å²) < 4.78 is 16.2. The smallest absolute Gasteiger partial charge is 0.344 e. The highest BCUT2D eigenvalue weighted by Crippen LogP contribution is 2.22. The molecule has 7 heteroatoms. The lowest BCUT2D eigenvalue weighted by molar-refractivity contribution is 0.0689. The zero-order valence-electron chi connectivity index (χ0n) is 15.0. The molecule has 3 aromatic rings. The van der Waals surface area contributed by atoms with E-state index in [9.17, 15) is 19.8 Å². The molecule has 1 aliphatic rings. The highest BCUT2D eigenvalue weighted by molar-refractivity contribution is 5.93. The molecular weight excluding hydrogens is 363 g/mol. The zero-order chi connectivity index (χ0) is 19.8. The number of aliphatic hydroxyl groups excluding tert-OH is 1. The van der Waals surface area contributed by atoms with Crippen molar-refractivity contribution in [2.24, 2.45) is 0 Å². The number of hydrogen-bond donors (Lipinski definition) is 2. The lowest BCUT2D eigenvalue weighted by Crippen LogP contribution is -2.23. The SMILES string of the molecule is O=C(O)c1c(F)n(-c2ccc(CN3CC[C@@H](O)C3)cc2)c2ccccc2c1=O. The molecule has 0 aliphatic carbocycles. The summed E-state index contributed by atoms with van der Waals surface area (Å²) in [5.41, 5.74) is 0.0452. The first kappa shape index (κ1) is 18.3. The summed E-state index contributed by atoms with van der Waals surface area (Å²) in [6, 6.07) is 13.5. The van der Waals surface area contributed by atoms with Gasteiger partial charge in [0.2, 0.25) is 11.4 Å². The molecule has 1 atom stereocenters. The average Bonchev–Trinajstić information content (AvgIpc) is 3.08. The standard InChI is InChI=1S/C21H19FN2O4/c22-20-18(21(27)28)19(26)16-3-1-2-4-17(16)24(20)14-7-5-13(6-8-14)11-23-10-9-15(25)12-23/h1-8,15,25H,9-12H2,(H,27,28)/t15-/m1/s1. The van der Waals surface area contributed by atoms with E-state index in [0.717, 1.165) is 23.1 Å². The number of para-hydroxylation sites is 1. The van der Waals surface area contributed by atoms with Gasteiger partial charge in [-0.05, 0) is 36.2 Å². The third-order valence-electron chi connectivity index (χ3n) is 5.08. The number of aliphatic hydroxyl groups is 1. The minimum atomic E-state index is -1.59. The van der Waals surface area contributed by atoms with Gasteiger partial charge in [-0.3, -0.25) is 14.3 Å². The second-order valence-corrected chi connectivity index (χ2v) is 7.00. The van der Waals surface area contributed by atoms with E-state index in [1.54, 1.807) is 30.3 Å². The molecule has 0 bridgehead atoms. The Labute approximate surface area is 160 Å². The van der Waals surface area contributed by atoms with E-state index in [2.05, 4.69) is 4.90 Å². The van der Waals surface area contributed by atoms with Crippen molar-refractivity contribution in [2.45, 2.75) is 19.1 Å². The monoisotopic (exact) mass is 382 g/mol. The van der Waals surface area contributed by atoms with Crippen LogP contribution in [-0.4, -0.2) is 44.8 Å². The largest absolute Gasteiger partial charge is 0.477 e. The minimum Gasteiger partial charge on any atom is -0.477 e. The highest BCUT2D eigenvalue weighted by atomic mass is 19.1. The van der Waals surface area contributed by atoms with E-state index >= 15 is 4.39 Å². The maximum Gasteiger partial charge on any atom is 0.344 e. The maximum absolute atomic E-state index is 15.0. The molecule has 6 nitrogen and oxygen atoms in total. The van der Waals surface area contributed by atoms with Crippen LogP contribution < -0.4 is 5.43 Å². The number of carboxylic acids is 1. The second kappa shape index (κ2) is 7.18. The molecule has 0 spiro atoms. The molecule has 1 aliphatic heterocycles. The van der Waals surface area contributed by atoms with Crippen LogP contribution in [0, 0.1) is 5.95 Å². The first-order valence-electron chi connectivity index (χ1n) is 9.02. The molecule has 0 saturated carbocycles. The summed E-state index contributed by atoms with van der Waals surface area (Å²) in [5.74, 6) is -2.68. The van der Waals surface area contributed by atoms with Gasteiger partial charge in [-0.2, -0.15) is 4.39 Å². The van der Waals surface area contributed by atoms with Crippen molar-refractivity contribution in [3.05, 3.63) is 75.8 Å². The molecule has 1 fully saturated rings. The first-order valence-corrected chi connectivity index (χ1v) is 9.02. The lowest BCUT2D eigenvalue weighted by Gasteiger charge is -2.17. The number of carbonyl (C=O) groups is 1. The molecule has 2 heterocycles. The molecule has 2 aromatic carbocycles. The number of rotatable bonds is 4. The van der Waals surface area contributed by atoms with Gasteiger partial charge in [0.1, 0.15) is 0 Å². The Hall–Kier alpha value is -3.03. The Morgan fingerprint density at radius 3 is 2.50 bits per heavy atom. The predicted octanol–water partition coefficient (Wildman–Crippen LogP) is 2.39. The molecule has 144 valence electrons. The molecule has 28 heavy (non-hydrogen) atoms. The van der Waals surface area contributed by atoms with E-state index in [4.69, 9.17) is 0 Å². The Kier molecular flexibility index (Phi) is 4.70. The van der Waals surface area contributed by atoms with Crippen LogP contribution in [0.2, 0.25) is 0 Å². The Balaban J connectivity index is 1.78. The van der Waals surface area contributed by atoms with Gasteiger partial charge in [-0.25, -0.2) is 4.79 Å². The van der Waals surface area contributed by atoms with Gasteiger partial charge < -0.3 is 10.2 Å². The second-order valence-electron chi connectivity index (χ2n) is 7.00. The molecule has 1 saturated heterocycles. The topological polar surface area (TPSA) is 82.8 Å². The molecule has 0 radical (unpaired) electrons. The molecule has 2 N–H and O–H groups in total. The quantitative estimate of drug-likeness (QED) is 0.677. The van der Waals surface area contributed by atoms with Crippen molar-refractivity contribution in [2.75, 3.05) is 13.1 Å². The molecule has 1 aromatic heterocycles. The van der Waals surface area contributed by atoms with E-state index in [-0.39, 0.29) is 11.5 Å². The highest BCUT2D eigenvalue weighted by Gasteiger charge is 2.23. The number of carboxylic acid groups (broad SMARTS) is 1. The summed E-state index contributed by atoms with van der Waals surface area (Å²) in [5, 5.41) is 19.1. The zero-order valence-corrected chi connectivity index (χ0v) is 15.0.